The van der Waals surface area contributed by atoms with Crippen molar-refractivity contribution in [3.05, 3.63) is 34.2 Å². The molecule has 1 aliphatic carbocycles. The Balaban J connectivity index is 2.07. The molecule has 2 nitrogen and oxygen atoms in total. The average Bonchev–Trinajstić information content (AvgIpc) is 2.39. The van der Waals surface area contributed by atoms with Crippen LogP contribution < -0.4 is 4.90 Å². The monoisotopic (exact) mass is 334 g/mol. The molecule has 0 amide bonds. The zero-order chi connectivity index (χ0) is 13.9. The summed E-state index contributed by atoms with van der Waals surface area (Å²) in [5.74, 6) is -0.239. The molecule has 0 bridgehead atoms. The first-order valence-electron chi connectivity index (χ1n) is 7.10. The van der Waals surface area contributed by atoms with Crippen LogP contribution in [0.3, 0.4) is 0 Å². The molecule has 0 atom stereocenters. The van der Waals surface area contributed by atoms with Crippen molar-refractivity contribution in [1.29, 1.82) is 0 Å². The Kier molecular flexibility index (Phi) is 2.62. The molecular weight excluding hydrogens is 319 g/mol. The van der Waals surface area contributed by atoms with Crippen LogP contribution in [0.4, 0.5) is 10.1 Å². The van der Waals surface area contributed by atoms with E-state index < -0.39 is 0 Å². The molecule has 0 saturated heterocycles. The van der Waals surface area contributed by atoms with Gasteiger partial charge in [-0.05, 0) is 52.2 Å². The number of fused-ring (bicyclic) bond motifs is 4. The Morgan fingerprint density at radius 1 is 1.30 bits per heavy atom. The molecule has 104 valence electrons. The predicted molar refractivity (Wildman–Crippen MR) is 82.8 cm³/mol. The van der Waals surface area contributed by atoms with E-state index in [0.717, 1.165) is 17.4 Å². The lowest BCUT2D eigenvalue weighted by molar-refractivity contribution is 0.223. The van der Waals surface area contributed by atoms with Crippen LogP contribution in [0.5, 0.6) is 0 Å². The Morgan fingerprint density at radius 2 is 2.10 bits per heavy atom. The summed E-state index contributed by atoms with van der Waals surface area (Å²) in [6.07, 6.45) is 6.92. The van der Waals surface area contributed by atoms with Gasteiger partial charge >= 0.3 is 0 Å². The Labute approximate surface area is 126 Å². The van der Waals surface area contributed by atoms with Crippen molar-refractivity contribution < 1.29 is 4.39 Å². The summed E-state index contributed by atoms with van der Waals surface area (Å²) in [4.78, 5) is 6.75. The van der Waals surface area contributed by atoms with Crippen molar-refractivity contribution in [2.24, 2.45) is 0 Å². The van der Waals surface area contributed by atoms with E-state index in [1.807, 2.05) is 12.3 Å². The number of anilines is 1. The van der Waals surface area contributed by atoms with Gasteiger partial charge in [-0.3, -0.25) is 4.98 Å². The van der Waals surface area contributed by atoms with Gasteiger partial charge in [0.25, 0.3) is 0 Å². The molecule has 1 spiro atoms. The van der Waals surface area contributed by atoms with Gasteiger partial charge in [0.1, 0.15) is 5.82 Å². The second-order valence-corrected chi connectivity index (χ2v) is 6.96. The molecule has 1 aromatic heterocycles. The lowest BCUT2D eigenvalue weighted by Crippen LogP contribution is -2.43. The molecule has 1 saturated carbocycles. The summed E-state index contributed by atoms with van der Waals surface area (Å²) in [6.45, 7) is 1.09. The minimum absolute atomic E-state index is 0.239. The van der Waals surface area contributed by atoms with E-state index in [9.17, 15) is 4.39 Å². The van der Waals surface area contributed by atoms with Crippen molar-refractivity contribution in [2.45, 2.75) is 31.1 Å². The van der Waals surface area contributed by atoms with Crippen LogP contribution in [-0.2, 0) is 5.41 Å². The van der Waals surface area contributed by atoms with Crippen LogP contribution in [0.1, 0.15) is 31.2 Å². The van der Waals surface area contributed by atoms with Crippen molar-refractivity contribution in [1.82, 2.24) is 4.98 Å². The van der Waals surface area contributed by atoms with Gasteiger partial charge in [0.15, 0.2) is 0 Å². The van der Waals surface area contributed by atoms with Crippen LogP contribution >= 0.6 is 15.9 Å². The van der Waals surface area contributed by atoms with Gasteiger partial charge < -0.3 is 4.90 Å². The first-order valence-corrected chi connectivity index (χ1v) is 7.89. The average molecular weight is 335 g/mol. The van der Waals surface area contributed by atoms with E-state index in [0.29, 0.717) is 9.89 Å². The molecule has 2 heterocycles. The van der Waals surface area contributed by atoms with Crippen LogP contribution in [-0.4, -0.2) is 18.6 Å². The van der Waals surface area contributed by atoms with E-state index >= 15 is 0 Å². The third kappa shape index (κ3) is 1.57. The molecule has 20 heavy (non-hydrogen) atoms. The fourth-order valence-electron chi connectivity index (χ4n) is 3.75. The van der Waals surface area contributed by atoms with Crippen molar-refractivity contribution in [3.63, 3.8) is 0 Å². The standard InChI is InChI=1S/C16H16BrFN2/c1-20-6-5-16(3-2-4-16)15-10-7-11(17)12(18)8-13(10)19-9-14(15)20/h7-9H,2-6H2,1H3. The highest BCUT2D eigenvalue weighted by atomic mass is 79.9. The Hall–Kier alpha value is -1.16. The maximum absolute atomic E-state index is 13.7. The SMILES string of the molecule is CN1CCC2(CCC2)c2c1cnc1cc(F)c(Br)cc21. The summed E-state index contributed by atoms with van der Waals surface area (Å²) in [7, 11) is 2.12. The fourth-order valence-corrected chi connectivity index (χ4v) is 4.10. The molecule has 4 rings (SSSR count). The molecule has 0 unspecified atom stereocenters. The van der Waals surface area contributed by atoms with Crippen molar-refractivity contribution >= 4 is 32.5 Å². The van der Waals surface area contributed by atoms with E-state index in [-0.39, 0.29) is 5.82 Å². The first kappa shape index (κ1) is 12.6. The van der Waals surface area contributed by atoms with Crippen molar-refractivity contribution in [3.8, 4) is 0 Å². The van der Waals surface area contributed by atoms with Gasteiger partial charge in [0, 0.05) is 25.0 Å². The Bertz CT molecular complexity index is 709. The Morgan fingerprint density at radius 3 is 2.80 bits per heavy atom. The second-order valence-electron chi connectivity index (χ2n) is 6.11. The first-order chi connectivity index (χ1) is 9.61. The summed E-state index contributed by atoms with van der Waals surface area (Å²) in [6, 6.07) is 3.45. The number of benzene rings is 1. The van der Waals surface area contributed by atoms with Crippen LogP contribution in [0.25, 0.3) is 10.9 Å². The molecule has 4 heteroatoms. The molecule has 0 radical (unpaired) electrons. The van der Waals surface area contributed by atoms with Gasteiger partial charge in [0.2, 0.25) is 0 Å². The van der Waals surface area contributed by atoms with E-state index in [4.69, 9.17) is 0 Å². The second kappa shape index (κ2) is 4.17. The topological polar surface area (TPSA) is 16.1 Å². The number of aromatic nitrogens is 1. The molecule has 1 fully saturated rings. The normalized spacial score (nSPS) is 20.1. The van der Waals surface area contributed by atoms with Crippen LogP contribution in [0.15, 0.2) is 22.8 Å². The number of halogens is 2. The zero-order valence-corrected chi connectivity index (χ0v) is 13.0. The largest absolute Gasteiger partial charge is 0.373 e. The smallest absolute Gasteiger partial charge is 0.139 e. The van der Waals surface area contributed by atoms with Gasteiger partial charge in [-0.2, -0.15) is 0 Å². The fraction of sp³-hybridized carbons (Fsp3) is 0.438. The number of pyridine rings is 1. The third-order valence-corrected chi connectivity index (χ3v) is 5.68. The molecule has 0 N–H and O–H groups in total. The zero-order valence-electron chi connectivity index (χ0n) is 11.4. The van der Waals surface area contributed by atoms with E-state index in [2.05, 4.69) is 32.9 Å². The maximum Gasteiger partial charge on any atom is 0.139 e. The predicted octanol–water partition coefficient (Wildman–Crippen LogP) is 4.40. The summed E-state index contributed by atoms with van der Waals surface area (Å²) in [5.41, 5.74) is 3.69. The maximum atomic E-state index is 13.7. The van der Waals surface area contributed by atoms with Gasteiger partial charge in [-0.15, -0.1) is 0 Å². The highest BCUT2D eigenvalue weighted by Gasteiger charge is 2.44. The molecule has 2 aliphatic rings. The lowest BCUT2D eigenvalue weighted by atomic mass is 9.60. The highest BCUT2D eigenvalue weighted by Crippen LogP contribution is 2.54. The highest BCUT2D eigenvalue weighted by molar-refractivity contribution is 9.10. The summed E-state index contributed by atoms with van der Waals surface area (Å²) < 4.78 is 14.3. The summed E-state index contributed by atoms with van der Waals surface area (Å²) >= 11 is 3.32. The van der Waals surface area contributed by atoms with Gasteiger partial charge in [0.05, 0.1) is 21.9 Å². The van der Waals surface area contributed by atoms with E-state index in [1.165, 1.54) is 36.9 Å². The summed E-state index contributed by atoms with van der Waals surface area (Å²) in [5, 5.41) is 1.11. The minimum atomic E-state index is -0.239. The number of nitrogens with zero attached hydrogens (tertiary/aromatic N) is 2. The molecule has 1 aliphatic heterocycles. The number of rotatable bonds is 0. The minimum Gasteiger partial charge on any atom is -0.373 e. The molecule has 1 aromatic carbocycles. The van der Waals surface area contributed by atoms with Crippen LogP contribution in [0.2, 0.25) is 0 Å². The number of hydrogen-bond acceptors (Lipinski definition) is 2. The molecular formula is C16H16BrFN2. The van der Waals surface area contributed by atoms with Gasteiger partial charge in [-0.1, -0.05) is 6.42 Å². The van der Waals surface area contributed by atoms with E-state index in [1.54, 1.807) is 6.07 Å². The van der Waals surface area contributed by atoms with Crippen LogP contribution in [0, 0.1) is 5.82 Å². The van der Waals surface area contributed by atoms with Crippen molar-refractivity contribution in [2.75, 3.05) is 18.5 Å². The molecule has 2 aromatic rings. The van der Waals surface area contributed by atoms with Gasteiger partial charge in [-0.25, -0.2) is 4.39 Å². The number of hydrogen-bond donors (Lipinski definition) is 0. The quantitative estimate of drug-likeness (QED) is 0.709. The lowest BCUT2D eigenvalue weighted by Gasteiger charge is -2.49. The third-order valence-electron chi connectivity index (χ3n) is 5.07.